The van der Waals surface area contributed by atoms with E-state index in [0.29, 0.717) is 12.6 Å². The van der Waals surface area contributed by atoms with Crippen LogP contribution in [0.25, 0.3) is 0 Å². The zero-order valence-electron chi connectivity index (χ0n) is 20.4. The zero-order valence-corrected chi connectivity index (χ0v) is 22.7. The van der Waals surface area contributed by atoms with E-state index >= 15 is 0 Å². The molecule has 1 heterocycles. The van der Waals surface area contributed by atoms with Gasteiger partial charge in [-0.3, -0.25) is 9.89 Å². The molecule has 1 fully saturated rings. The Kier molecular flexibility index (Phi) is 13.4. The summed E-state index contributed by atoms with van der Waals surface area (Å²) in [7, 11) is 4.02. The van der Waals surface area contributed by atoms with Crippen molar-refractivity contribution in [3.8, 4) is 5.75 Å². The Bertz CT molecular complexity index is 659. The molecule has 7 heteroatoms. The van der Waals surface area contributed by atoms with E-state index in [-0.39, 0.29) is 24.0 Å². The fourth-order valence-corrected chi connectivity index (χ4v) is 3.65. The molecular formula is C24H44IN5O. The third-order valence-electron chi connectivity index (χ3n) is 5.80. The highest BCUT2D eigenvalue weighted by molar-refractivity contribution is 14.0. The van der Waals surface area contributed by atoms with Gasteiger partial charge in [-0.25, -0.2) is 0 Å². The van der Waals surface area contributed by atoms with Gasteiger partial charge in [0.25, 0.3) is 0 Å². The second kappa shape index (κ2) is 14.9. The maximum atomic E-state index is 6.11. The molecule has 0 spiro atoms. The van der Waals surface area contributed by atoms with Crippen LogP contribution in [0.3, 0.4) is 0 Å². The molecule has 1 aliphatic rings. The monoisotopic (exact) mass is 545 g/mol. The summed E-state index contributed by atoms with van der Waals surface area (Å²) in [6, 6.07) is 6.92. The topological polar surface area (TPSA) is 52.1 Å². The van der Waals surface area contributed by atoms with Crippen molar-refractivity contribution in [1.82, 2.24) is 20.4 Å². The minimum Gasteiger partial charge on any atom is -0.493 e. The van der Waals surface area contributed by atoms with Gasteiger partial charge in [-0.05, 0) is 51.3 Å². The summed E-state index contributed by atoms with van der Waals surface area (Å²) in [4.78, 5) is 9.34. The molecule has 1 saturated heterocycles. The highest BCUT2D eigenvalue weighted by Gasteiger charge is 2.19. The second-order valence-corrected chi connectivity index (χ2v) is 8.99. The number of guanidine groups is 1. The number of piperazine rings is 1. The first-order valence-electron chi connectivity index (χ1n) is 11.5. The predicted molar refractivity (Wildman–Crippen MR) is 143 cm³/mol. The number of likely N-dealkylation sites (N-methyl/N-ethyl adjacent to an activating group) is 1. The van der Waals surface area contributed by atoms with Crippen LogP contribution in [0.4, 0.5) is 0 Å². The van der Waals surface area contributed by atoms with Crippen molar-refractivity contribution in [1.29, 1.82) is 0 Å². The van der Waals surface area contributed by atoms with Gasteiger partial charge in [-0.15, -0.1) is 24.0 Å². The van der Waals surface area contributed by atoms with Crippen LogP contribution in [0.2, 0.25) is 0 Å². The Labute approximate surface area is 207 Å². The van der Waals surface area contributed by atoms with Gasteiger partial charge in [0.05, 0.1) is 6.61 Å². The number of nitrogens with one attached hydrogen (secondary N) is 2. The third kappa shape index (κ3) is 10.4. The van der Waals surface area contributed by atoms with Gasteiger partial charge in [-0.1, -0.05) is 26.0 Å². The predicted octanol–water partition coefficient (Wildman–Crippen LogP) is 3.73. The number of nitrogens with zero attached hydrogens (tertiary/aromatic N) is 3. The molecule has 0 bridgehead atoms. The van der Waals surface area contributed by atoms with E-state index < -0.39 is 0 Å². The summed E-state index contributed by atoms with van der Waals surface area (Å²) >= 11 is 0. The van der Waals surface area contributed by atoms with Crippen LogP contribution < -0.4 is 15.4 Å². The van der Waals surface area contributed by atoms with E-state index in [2.05, 4.69) is 78.4 Å². The lowest BCUT2D eigenvalue weighted by atomic mass is 10.1. The standard InChI is InChI=1S/C24H43N5O.HI/c1-19(2)8-7-15-30-23-16-20(3)9-10-22(23)18-27-24(25-5)26-17-21(4)29-13-11-28(6)12-14-29;/h9-10,16,19,21H,7-8,11-15,17-18H2,1-6H3,(H2,25,26,27);1H. The summed E-state index contributed by atoms with van der Waals surface area (Å²) in [6.45, 7) is 15.8. The molecule has 1 aliphatic heterocycles. The van der Waals surface area contributed by atoms with Gasteiger partial charge >= 0.3 is 0 Å². The molecule has 31 heavy (non-hydrogen) atoms. The summed E-state index contributed by atoms with van der Waals surface area (Å²) < 4.78 is 6.11. The van der Waals surface area contributed by atoms with Crippen molar-refractivity contribution in [2.24, 2.45) is 10.9 Å². The maximum absolute atomic E-state index is 6.11. The Hall–Kier alpha value is -1.06. The first-order chi connectivity index (χ1) is 14.4. The SMILES string of the molecule is CN=C(NCc1ccc(C)cc1OCCCC(C)C)NCC(C)N1CCN(C)CC1.I. The lowest BCUT2D eigenvalue weighted by molar-refractivity contribution is 0.120. The van der Waals surface area contributed by atoms with Gasteiger partial charge in [0.2, 0.25) is 0 Å². The summed E-state index contributed by atoms with van der Waals surface area (Å²) in [6.07, 6.45) is 2.29. The van der Waals surface area contributed by atoms with Crippen molar-refractivity contribution in [3.05, 3.63) is 29.3 Å². The molecule has 6 nitrogen and oxygen atoms in total. The molecule has 0 saturated carbocycles. The van der Waals surface area contributed by atoms with Crippen LogP contribution >= 0.6 is 24.0 Å². The largest absolute Gasteiger partial charge is 0.493 e. The Morgan fingerprint density at radius 3 is 2.48 bits per heavy atom. The highest BCUT2D eigenvalue weighted by atomic mass is 127. The zero-order chi connectivity index (χ0) is 21.9. The lowest BCUT2D eigenvalue weighted by Gasteiger charge is -2.36. The van der Waals surface area contributed by atoms with E-state index in [9.17, 15) is 0 Å². The van der Waals surface area contributed by atoms with Crippen LogP contribution in [0, 0.1) is 12.8 Å². The molecule has 1 aromatic rings. The highest BCUT2D eigenvalue weighted by Crippen LogP contribution is 2.21. The molecule has 1 atom stereocenters. The van der Waals surface area contributed by atoms with Crippen molar-refractivity contribution in [2.75, 3.05) is 53.4 Å². The number of hydrogen-bond acceptors (Lipinski definition) is 4. The Balaban J connectivity index is 0.00000480. The molecule has 2 rings (SSSR count). The molecular weight excluding hydrogens is 501 g/mol. The number of ether oxygens (including phenoxy) is 1. The van der Waals surface area contributed by atoms with Crippen LogP contribution in [0.15, 0.2) is 23.2 Å². The molecule has 0 amide bonds. The second-order valence-electron chi connectivity index (χ2n) is 8.99. The van der Waals surface area contributed by atoms with Gasteiger partial charge in [0.15, 0.2) is 5.96 Å². The first kappa shape index (κ1) is 28.0. The van der Waals surface area contributed by atoms with E-state index in [1.807, 2.05) is 7.05 Å². The van der Waals surface area contributed by atoms with Crippen LogP contribution in [0.5, 0.6) is 5.75 Å². The van der Waals surface area contributed by atoms with E-state index in [4.69, 9.17) is 4.74 Å². The number of aryl methyl sites for hydroxylation is 1. The maximum Gasteiger partial charge on any atom is 0.191 e. The minimum atomic E-state index is 0. The lowest BCUT2D eigenvalue weighted by Crippen LogP contribution is -2.52. The molecule has 1 aromatic carbocycles. The average Bonchev–Trinajstić information content (AvgIpc) is 2.72. The van der Waals surface area contributed by atoms with Crippen LogP contribution in [0.1, 0.15) is 44.7 Å². The number of benzene rings is 1. The molecule has 0 radical (unpaired) electrons. The van der Waals surface area contributed by atoms with Crippen molar-refractivity contribution < 1.29 is 4.74 Å². The van der Waals surface area contributed by atoms with Gasteiger partial charge in [0, 0.05) is 57.9 Å². The average molecular weight is 546 g/mol. The summed E-state index contributed by atoms with van der Waals surface area (Å²) in [5.74, 6) is 2.53. The fourth-order valence-electron chi connectivity index (χ4n) is 3.65. The number of halogens is 1. The molecule has 178 valence electrons. The Morgan fingerprint density at radius 1 is 1.13 bits per heavy atom. The van der Waals surface area contributed by atoms with Crippen molar-refractivity contribution >= 4 is 29.9 Å². The Morgan fingerprint density at radius 2 is 1.84 bits per heavy atom. The first-order valence-corrected chi connectivity index (χ1v) is 11.5. The van der Waals surface area contributed by atoms with Gasteiger partial charge in [0.1, 0.15) is 5.75 Å². The third-order valence-corrected chi connectivity index (χ3v) is 5.80. The fraction of sp³-hybridized carbons (Fsp3) is 0.708. The number of aliphatic imine (C=N–C) groups is 1. The number of hydrogen-bond donors (Lipinski definition) is 2. The van der Waals surface area contributed by atoms with Crippen LogP contribution in [-0.2, 0) is 6.54 Å². The van der Waals surface area contributed by atoms with Crippen LogP contribution in [-0.4, -0.2) is 75.2 Å². The van der Waals surface area contributed by atoms with Crippen molar-refractivity contribution in [2.45, 2.75) is 53.1 Å². The van der Waals surface area contributed by atoms with E-state index in [1.54, 1.807) is 0 Å². The van der Waals surface area contributed by atoms with Gasteiger partial charge in [-0.2, -0.15) is 0 Å². The normalized spacial score (nSPS) is 16.7. The van der Waals surface area contributed by atoms with Crippen molar-refractivity contribution in [3.63, 3.8) is 0 Å². The summed E-state index contributed by atoms with van der Waals surface area (Å²) in [5, 5.41) is 6.94. The minimum absolute atomic E-state index is 0. The van der Waals surface area contributed by atoms with E-state index in [1.165, 1.54) is 17.5 Å². The molecule has 0 aliphatic carbocycles. The summed E-state index contributed by atoms with van der Waals surface area (Å²) in [5.41, 5.74) is 2.39. The molecule has 1 unspecified atom stereocenters. The van der Waals surface area contributed by atoms with E-state index in [0.717, 1.165) is 63.4 Å². The molecule has 2 N–H and O–H groups in total. The number of rotatable bonds is 10. The van der Waals surface area contributed by atoms with Gasteiger partial charge < -0.3 is 20.3 Å². The smallest absolute Gasteiger partial charge is 0.191 e. The molecule has 0 aromatic heterocycles. The quantitative estimate of drug-likeness (QED) is 0.203.